The second kappa shape index (κ2) is 3.15. The van der Waals surface area contributed by atoms with Crippen LogP contribution in [0, 0.1) is 0 Å². The molecule has 2 aromatic rings. The number of rotatable bonds is 2. The van der Waals surface area contributed by atoms with Gasteiger partial charge in [-0.05, 0) is 12.8 Å². The Bertz CT molecular complexity index is 590. The van der Waals surface area contributed by atoms with Gasteiger partial charge in [0, 0.05) is 5.92 Å². The van der Waals surface area contributed by atoms with E-state index in [-0.39, 0.29) is 16.5 Å². The van der Waals surface area contributed by atoms with Crippen molar-refractivity contribution in [3.8, 4) is 0 Å². The van der Waals surface area contributed by atoms with Crippen LogP contribution in [0.2, 0.25) is 5.02 Å². The lowest BCUT2D eigenvalue weighted by atomic mass is 10.4. The fraction of sp³-hybridized carbons (Fsp3) is 0.333. The minimum absolute atomic E-state index is 0.0623. The maximum atomic E-state index is 11.0. The summed E-state index contributed by atoms with van der Waals surface area (Å²) in [4.78, 5) is 19.2. The van der Waals surface area contributed by atoms with Crippen molar-refractivity contribution in [1.29, 1.82) is 0 Å². The molecule has 0 amide bonds. The number of carboxylic acid groups (broad SMARTS) is 1. The summed E-state index contributed by atoms with van der Waals surface area (Å²) in [5, 5.41) is 13.2. The van der Waals surface area contributed by atoms with Crippen molar-refractivity contribution in [2.45, 2.75) is 18.8 Å². The molecule has 2 aromatic heterocycles. The largest absolute Gasteiger partial charge is 0.476 e. The van der Waals surface area contributed by atoms with Gasteiger partial charge < -0.3 is 5.11 Å². The van der Waals surface area contributed by atoms with Crippen LogP contribution in [0.1, 0.15) is 35.1 Å². The molecule has 2 heterocycles. The zero-order chi connectivity index (χ0) is 11.3. The van der Waals surface area contributed by atoms with Gasteiger partial charge in [0.2, 0.25) is 0 Å². The van der Waals surface area contributed by atoms with Gasteiger partial charge in [-0.15, -0.1) is 5.10 Å². The molecule has 0 bridgehead atoms. The van der Waals surface area contributed by atoms with Crippen molar-refractivity contribution in [2.24, 2.45) is 0 Å². The van der Waals surface area contributed by atoms with E-state index in [4.69, 9.17) is 16.7 Å². The molecule has 0 unspecified atom stereocenters. The van der Waals surface area contributed by atoms with E-state index >= 15 is 0 Å². The summed E-state index contributed by atoms with van der Waals surface area (Å²) >= 11 is 5.77. The number of aromatic carboxylic acids is 1. The quantitative estimate of drug-likeness (QED) is 0.854. The minimum Gasteiger partial charge on any atom is -0.476 e. The number of carbonyl (C=O) groups is 1. The highest BCUT2D eigenvalue weighted by Gasteiger charge is 2.29. The summed E-state index contributed by atoms with van der Waals surface area (Å²) in [5.41, 5.74) is -0.0916. The molecular formula is C9H7ClN4O2. The van der Waals surface area contributed by atoms with Crippen molar-refractivity contribution < 1.29 is 9.90 Å². The molecule has 82 valence electrons. The first kappa shape index (κ1) is 9.53. The molecule has 1 fully saturated rings. The Morgan fingerprint density at radius 1 is 1.56 bits per heavy atom. The third-order valence-corrected chi connectivity index (χ3v) is 2.76. The van der Waals surface area contributed by atoms with E-state index in [0.717, 1.165) is 12.8 Å². The fourth-order valence-corrected chi connectivity index (χ4v) is 1.75. The van der Waals surface area contributed by atoms with Gasteiger partial charge in [0.05, 0.1) is 11.2 Å². The zero-order valence-corrected chi connectivity index (χ0v) is 8.85. The van der Waals surface area contributed by atoms with Gasteiger partial charge in [-0.1, -0.05) is 11.6 Å². The first-order valence-corrected chi connectivity index (χ1v) is 5.19. The van der Waals surface area contributed by atoms with E-state index in [1.807, 2.05) is 0 Å². The van der Waals surface area contributed by atoms with Gasteiger partial charge in [-0.25, -0.2) is 9.78 Å². The van der Waals surface area contributed by atoms with Gasteiger partial charge in [0.1, 0.15) is 0 Å². The van der Waals surface area contributed by atoms with Crippen molar-refractivity contribution in [3.05, 3.63) is 22.7 Å². The van der Waals surface area contributed by atoms with Gasteiger partial charge in [0.15, 0.2) is 11.5 Å². The van der Waals surface area contributed by atoms with Crippen LogP contribution >= 0.6 is 11.6 Å². The maximum absolute atomic E-state index is 11.0. The van der Waals surface area contributed by atoms with Crippen LogP contribution in [0.25, 0.3) is 5.78 Å². The molecule has 1 aliphatic carbocycles. The van der Waals surface area contributed by atoms with E-state index in [1.54, 1.807) is 0 Å². The lowest BCUT2D eigenvalue weighted by molar-refractivity contribution is 0.0687. The molecule has 0 spiro atoms. The van der Waals surface area contributed by atoms with E-state index in [1.165, 1.54) is 10.7 Å². The number of halogens is 1. The molecule has 16 heavy (non-hydrogen) atoms. The molecule has 0 aliphatic heterocycles. The first-order valence-electron chi connectivity index (χ1n) is 4.81. The Hall–Kier alpha value is -1.69. The van der Waals surface area contributed by atoms with Crippen LogP contribution in [0.15, 0.2) is 6.20 Å². The summed E-state index contributed by atoms with van der Waals surface area (Å²) in [7, 11) is 0. The number of carboxylic acids is 1. The highest BCUT2D eigenvalue weighted by molar-refractivity contribution is 6.33. The fourth-order valence-electron chi connectivity index (χ4n) is 1.54. The Morgan fingerprint density at radius 2 is 2.31 bits per heavy atom. The van der Waals surface area contributed by atoms with Crippen LogP contribution in [0.3, 0.4) is 0 Å². The monoisotopic (exact) mass is 238 g/mol. The molecule has 1 saturated carbocycles. The van der Waals surface area contributed by atoms with E-state index < -0.39 is 5.97 Å². The normalized spacial score (nSPS) is 15.6. The average Bonchev–Trinajstić information content (AvgIpc) is 2.98. The molecule has 0 atom stereocenters. The van der Waals surface area contributed by atoms with Gasteiger partial charge >= 0.3 is 5.97 Å². The van der Waals surface area contributed by atoms with Gasteiger partial charge in [-0.3, -0.25) is 0 Å². The standard InChI is InChI=1S/C9H7ClN4O2/c10-5-3-11-9-12-7(4-1-2-4)13-14(9)6(5)8(15)16/h3-4H,1-2H2,(H,15,16). The summed E-state index contributed by atoms with van der Waals surface area (Å²) in [6, 6.07) is 0. The number of fused-ring (bicyclic) bond motifs is 1. The van der Waals surface area contributed by atoms with E-state index in [9.17, 15) is 4.79 Å². The van der Waals surface area contributed by atoms with Crippen LogP contribution in [0.4, 0.5) is 0 Å². The molecule has 1 aliphatic rings. The van der Waals surface area contributed by atoms with Crippen molar-refractivity contribution >= 4 is 23.3 Å². The summed E-state index contributed by atoms with van der Waals surface area (Å²) in [6.07, 6.45) is 3.38. The second-order valence-electron chi connectivity index (χ2n) is 3.72. The van der Waals surface area contributed by atoms with Crippen molar-refractivity contribution in [3.63, 3.8) is 0 Å². The Balaban J connectivity index is 2.28. The highest BCUT2D eigenvalue weighted by atomic mass is 35.5. The van der Waals surface area contributed by atoms with Crippen LogP contribution in [0.5, 0.6) is 0 Å². The summed E-state index contributed by atoms with van der Waals surface area (Å²) in [6.45, 7) is 0. The molecule has 0 radical (unpaired) electrons. The second-order valence-corrected chi connectivity index (χ2v) is 4.12. The van der Waals surface area contributed by atoms with E-state index in [0.29, 0.717) is 11.7 Å². The maximum Gasteiger partial charge on any atom is 0.356 e. The minimum atomic E-state index is -1.13. The molecular weight excluding hydrogens is 232 g/mol. The number of aromatic nitrogens is 4. The summed E-state index contributed by atoms with van der Waals surface area (Å²) in [5.74, 6) is 0.146. The topological polar surface area (TPSA) is 80.4 Å². The Kier molecular flexibility index (Phi) is 1.88. The highest BCUT2D eigenvalue weighted by Crippen LogP contribution is 2.38. The van der Waals surface area contributed by atoms with Crippen LogP contribution in [-0.4, -0.2) is 30.7 Å². The number of nitrogens with zero attached hydrogens (tertiary/aromatic N) is 4. The third-order valence-electron chi connectivity index (χ3n) is 2.48. The number of hydrogen-bond donors (Lipinski definition) is 1. The van der Waals surface area contributed by atoms with Crippen molar-refractivity contribution in [2.75, 3.05) is 0 Å². The third kappa shape index (κ3) is 1.34. The molecule has 7 heteroatoms. The molecule has 0 aromatic carbocycles. The molecule has 0 saturated heterocycles. The SMILES string of the molecule is O=C(O)c1c(Cl)cnc2nc(C3CC3)nn12. The predicted octanol–water partition coefficient (Wildman–Crippen LogP) is 1.35. The predicted molar refractivity (Wildman–Crippen MR) is 54.7 cm³/mol. The Labute approximate surface area is 94.9 Å². The van der Waals surface area contributed by atoms with E-state index in [2.05, 4.69) is 15.1 Å². The summed E-state index contributed by atoms with van der Waals surface area (Å²) < 4.78 is 1.19. The lowest BCUT2D eigenvalue weighted by Gasteiger charge is -1.99. The number of hydrogen-bond acceptors (Lipinski definition) is 4. The zero-order valence-electron chi connectivity index (χ0n) is 8.09. The Morgan fingerprint density at radius 3 is 2.94 bits per heavy atom. The smallest absolute Gasteiger partial charge is 0.356 e. The van der Waals surface area contributed by atoms with Crippen molar-refractivity contribution in [1.82, 2.24) is 19.6 Å². The first-order chi connectivity index (χ1) is 7.66. The molecule has 1 N–H and O–H groups in total. The molecule has 3 rings (SSSR count). The average molecular weight is 239 g/mol. The lowest BCUT2D eigenvalue weighted by Crippen LogP contribution is -2.08. The van der Waals surface area contributed by atoms with Crippen LogP contribution < -0.4 is 0 Å². The van der Waals surface area contributed by atoms with Gasteiger partial charge in [0.25, 0.3) is 5.78 Å². The molecule has 6 nitrogen and oxygen atoms in total. The van der Waals surface area contributed by atoms with Crippen LogP contribution in [-0.2, 0) is 0 Å². The van der Waals surface area contributed by atoms with Gasteiger partial charge in [-0.2, -0.15) is 9.50 Å².